The lowest BCUT2D eigenvalue weighted by atomic mass is 10.1. The number of thiophene rings is 1. The molecule has 0 saturated carbocycles. The van der Waals surface area contributed by atoms with Crippen LogP contribution < -0.4 is 11.1 Å². The van der Waals surface area contributed by atoms with Crippen molar-refractivity contribution in [2.45, 2.75) is 6.92 Å². The standard InChI is InChI=1S/C21H20N4OS/c1-14-7-9-16(10-8-14)25-21-17(13-18(27-21)20(26)23-12-11-22)19(24-25)15-5-3-2-4-6-15/h2-10,13H,11-12,22H2,1H3,(H,23,26)/p+1. The van der Waals surface area contributed by atoms with Crippen molar-refractivity contribution in [2.24, 2.45) is 0 Å². The fraction of sp³-hybridized carbons (Fsp3) is 0.143. The zero-order valence-corrected chi connectivity index (χ0v) is 15.9. The summed E-state index contributed by atoms with van der Waals surface area (Å²) >= 11 is 1.46. The topological polar surface area (TPSA) is 74.6 Å². The number of quaternary nitrogens is 1. The van der Waals surface area contributed by atoms with Crippen LogP contribution in [0.5, 0.6) is 0 Å². The van der Waals surface area contributed by atoms with Gasteiger partial charge in [-0.1, -0.05) is 48.0 Å². The molecular formula is C21H21N4OS+. The number of rotatable bonds is 5. The van der Waals surface area contributed by atoms with E-state index in [1.807, 2.05) is 41.1 Å². The second-order valence-electron chi connectivity index (χ2n) is 6.40. The van der Waals surface area contributed by atoms with Crippen LogP contribution in [0.1, 0.15) is 15.2 Å². The number of hydrogen-bond acceptors (Lipinski definition) is 3. The van der Waals surface area contributed by atoms with Gasteiger partial charge in [0.1, 0.15) is 10.5 Å². The molecule has 136 valence electrons. The van der Waals surface area contributed by atoms with Crippen molar-refractivity contribution in [3.63, 3.8) is 0 Å². The third-order valence-corrected chi connectivity index (χ3v) is 5.48. The van der Waals surface area contributed by atoms with Gasteiger partial charge in [-0.15, -0.1) is 11.3 Å². The van der Waals surface area contributed by atoms with Gasteiger partial charge in [0.2, 0.25) is 0 Å². The van der Waals surface area contributed by atoms with Crippen LogP contribution in [-0.2, 0) is 0 Å². The highest BCUT2D eigenvalue weighted by Crippen LogP contribution is 2.35. The highest BCUT2D eigenvalue weighted by Gasteiger charge is 2.19. The molecule has 2 heterocycles. The van der Waals surface area contributed by atoms with Crippen LogP contribution in [0.25, 0.3) is 27.2 Å². The molecule has 1 amide bonds. The van der Waals surface area contributed by atoms with Crippen LogP contribution in [0, 0.1) is 6.92 Å². The second kappa shape index (κ2) is 7.34. The van der Waals surface area contributed by atoms with E-state index in [-0.39, 0.29) is 5.91 Å². The number of carbonyl (C=O) groups is 1. The Morgan fingerprint density at radius 3 is 2.59 bits per heavy atom. The Hall–Kier alpha value is -2.96. The number of aromatic nitrogens is 2. The summed E-state index contributed by atoms with van der Waals surface area (Å²) in [6, 6.07) is 20.3. The monoisotopic (exact) mass is 377 g/mol. The average molecular weight is 377 g/mol. The van der Waals surface area contributed by atoms with E-state index in [0.717, 1.165) is 27.2 Å². The van der Waals surface area contributed by atoms with E-state index in [4.69, 9.17) is 5.10 Å². The Morgan fingerprint density at radius 1 is 1.15 bits per heavy atom. The quantitative estimate of drug-likeness (QED) is 0.561. The molecule has 4 rings (SSSR count). The van der Waals surface area contributed by atoms with Crippen molar-refractivity contribution in [1.82, 2.24) is 15.1 Å². The number of nitrogens with one attached hydrogen (secondary N) is 1. The Labute approximate surface area is 161 Å². The maximum Gasteiger partial charge on any atom is 0.261 e. The zero-order chi connectivity index (χ0) is 18.8. The average Bonchev–Trinajstić information content (AvgIpc) is 3.27. The van der Waals surface area contributed by atoms with Crippen LogP contribution in [0.15, 0.2) is 60.7 Å². The number of amides is 1. The van der Waals surface area contributed by atoms with E-state index in [0.29, 0.717) is 18.0 Å². The first-order valence-electron chi connectivity index (χ1n) is 8.90. The SMILES string of the molecule is Cc1ccc(-n2nc(-c3ccccc3)c3cc(C(=O)NCC[NH3+])sc32)cc1. The van der Waals surface area contributed by atoms with Gasteiger partial charge in [-0.3, -0.25) is 4.79 Å². The summed E-state index contributed by atoms with van der Waals surface area (Å²) in [5.74, 6) is -0.0608. The minimum atomic E-state index is -0.0608. The van der Waals surface area contributed by atoms with Gasteiger partial charge in [0.05, 0.1) is 23.7 Å². The zero-order valence-electron chi connectivity index (χ0n) is 15.1. The van der Waals surface area contributed by atoms with Gasteiger partial charge in [0.25, 0.3) is 5.91 Å². The van der Waals surface area contributed by atoms with E-state index in [1.165, 1.54) is 16.9 Å². The van der Waals surface area contributed by atoms with Crippen LogP contribution in [0.2, 0.25) is 0 Å². The summed E-state index contributed by atoms with van der Waals surface area (Å²) in [5, 5.41) is 8.76. The molecule has 4 aromatic rings. The molecule has 5 nitrogen and oxygen atoms in total. The fourth-order valence-corrected chi connectivity index (χ4v) is 4.03. The van der Waals surface area contributed by atoms with Crippen molar-refractivity contribution >= 4 is 27.5 Å². The lowest BCUT2D eigenvalue weighted by molar-refractivity contribution is -0.364. The van der Waals surface area contributed by atoms with E-state index in [1.54, 1.807) is 0 Å². The van der Waals surface area contributed by atoms with Gasteiger partial charge < -0.3 is 11.1 Å². The third kappa shape index (κ3) is 3.37. The number of hydrogen-bond donors (Lipinski definition) is 2. The molecule has 0 saturated heterocycles. The first kappa shape index (κ1) is 17.5. The molecule has 0 aliphatic rings. The highest BCUT2D eigenvalue weighted by atomic mass is 32.1. The van der Waals surface area contributed by atoms with Crippen LogP contribution >= 0.6 is 11.3 Å². The van der Waals surface area contributed by atoms with Crippen LogP contribution in [0.4, 0.5) is 0 Å². The molecule has 0 atom stereocenters. The molecule has 0 spiro atoms. The van der Waals surface area contributed by atoms with Gasteiger partial charge in [-0.2, -0.15) is 5.10 Å². The van der Waals surface area contributed by atoms with Gasteiger partial charge in [0.15, 0.2) is 0 Å². The summed E-state index contributed by atoms with van der Waals surface area (Å²) in [6.45, 7) is 3.31. The molecule has 27 heavy (non-hydrogen) atoms. The normalized spacial score (nSPS) is 11.0. The fourth-order valence-electron chi connectivity index (χ4n) is 2.98. The molecular weight excluding hydrogens is 356 g/mol. The maximum atomic E-state index is 12.5. The van der Waals surface area contributed by atoms with E-state index in [2.05, 4.69) is 42.2 Å². The molecule has 2 aromatic heterocycles. The summed E-state index contributed by atoms with van der Waals surface area (Å²) < 4.78 is 1.93. The highest BCUT2D eigenvalue weighted by molar-refractivity contribution is 7.20. The molecule has 2 aromatic carbocycles. The first-order chi connectivity index (χ1) is 13.2. The summed E-state index contributed by atoms with van der Waals surface area (Å²) in [7, 11) is 0. The number of fused-ring (bicyclic) bond motifs is 1. The molecule has 0 fully saturated rings. The van der Waals surface area contributed by atoms with E-state index < -0.39 is 0 Å². The predicted octanol–water partition coefficient (Wildman–Crippen LogP) is 3.03. The molecule has 6 heteroatoms. The summed E-state index contributed by atoms with van der Waals surface area (Å²) in [4.78, 5) is 14.1. The van der Waals surface area contributed by atoms with Crippen molar-refractivity contribution in [3.05, 3.63) is 71.1 Å². The minimum Gasteiger partial charge on any atom is -0.356 e. The molecule has 4 N–H and O–H groups in total. The summed E-state index contributed by atoms with van der Waals surface area (Å²) in [6.07, 6.45) is 0. The molecule has 0 unspecified atom stereocenters. The van der Waals surface area contributed by atoms with Gasteiger partial charge in [-0.05, 0) is 25.1 Å². The van der Waals surface area contributed by atoms with E-state index in [9.17, 15) is 4.79 Å². The smallest absolute Gasteiger partial charge is 0.261 e. The Morgan fingerprint density at radius 2 is 1.89 bits per heavy atom. The largest absolute Gasteiger partial charge is 0.356 e. The first-order valence-corrected chi connectivity index (χ1v) is 9.71. The van der Waals surface area contributed by atoms with Crippen molar-refractivity contribution in [2.75, 3.05) is 13.1 Å². The Bertz CT molecular complexity index is 1080. The lowest BCUT2D eigenvalue weighted by Gasteiger charge is -2.03. The molecule has 0 aliphatic carbocycles. The number of carbonyl (C=O) groups excluding carboxylic acids is 1. The van der Waals surface area contributed by atoms with Crippen molar-refractivity contribution in [3.8, 4) is 16.9 Å². The van der Waals surface area contributed by atoms with Gasteiger partial charge in [-0.25, -0.2) is 4.68 Å². The van der Waals surface area contributed by atoms with Gasteiger partial charge >= 0.3 is 0 Å². The number of nitrogens with zero attached hydrogens (tertiary/aromatic N) is 2. The Balaban J connectivity index is 1.88. The summed E-state index contributed by atoms with van der Waals surface area (Å²) in [5.41, 5.74) is 7.88. The van der Waals surface area contributed by atoms with Crippen molar-refractivity contribution in [1.29, 1.82) is 0 Å². The van der Waals surface area contributed by atoms with Crippen LogP contribution in [-0.4, -0.2) is 28.8 Å². The van der Waals surface area contributed by atoms with Crippen LogP contribution in [0.3, 0.4) is 0 Å². The molecule has 0 radical (unpaired) electrons. The minimum absolute atomic E-state index is 0.0608. The Kier molecular flexibility index (Phi) is 4.75. The lowest BCUT2D eigenvalue weighted by Crippen LogP contribution is -2.54. The van der Waals surface area contributed by atoms with Crippen molar-refractivity contribution < 1.29 is 10.5 Å². The second-order valence-corrected chi connectivity index (χ2v) is 7.43. The van der Waals surface area contributed by atoms with Gasteiger partial charge in [0, 0.05) is 10.9 Å². The molecule has 0 aliphatic heterocycles. The maximum absolute atomic E-state index is 12.5. The number of benzene rings is 2. The third-order valence-electron chi connectivity index (χ3n) is 4.37. The predicted molar refractivity (Wildman–Crippen MR) is 109 cm³/mol. The van der Waals surface area contributed by atoms with E-state index >= 15 is 0 Å². The molecule has 0 bridgehead atoms. The number of aryl methyl sites for hydroxylation is 1.